The number of thiol groups is 1. The van der Waals surface area contributed by atoms with Crippen LogP contribution in [0.4, 0.5) is 0 Å². The lowest BCUT2D eigenvalue weighted by Gasteiger charge is -2.18. The van der Waals surface area contributed by atoms with Crippen molar-refractivity contribution in [1.82, 2.24) is 0 Å². The van der Waals surface area contributed by atoms with E-state index in [1.807, 2.05) is 27.7 Å². The maximum absolute atomic E-state index is 10.6. The molecule has 0 aromatic carbocycles. The monoisotopic (exact) mass is 322 g/mol. The molecule has 21 heavy (non-hydrogen) atoms. The number of aldehydes is 1. The van der Waals surface area contributed by atoms with E-state index in [4.69, 9.17) is 4.74 Å². The molecule has 130 valence electrons. The van der Waals surface area contributed by atoms with Crippen molar-refractivity contribution >= 4 is 18.9 Å². The van der Waals surface area contributed by atoms with E-state index in [2.05, 4.69) is 17.4 Å². The average molecular weight is 323 g/mol. The number of methoxy groups -OCH3 is 1. The van der Waals surface area contributed by atoms with Crippen molar-refractivity contribution in [3.8, 4) is 0 Å². The van der Waals surface area contributed by atoms with Crippen LogP contribution >= 0.6 is 12.6 Å². The van der Waals surface area contributed by atoms with Gasteiger partial charge >= 0.3 is 0 Å². The Bertz CT molecular complexity index is 200. The van der Waals surface area contributed by atoms with Gasteiger partial charge in [0, 0.05) is 24.9 Å². The zero-order valence-corrected chi connectivity index (χ0v) is 14.9. The molecule has 3 nitrogen and oxygen atoms in total. The number of hydrogen-bond acceptors (Lipinski definition) is 4. The quantitative estimate of drug-likeness (QED) is 0.548. The zero-order chi connectivity index (χ0) is 15.9. The number of hydrogen-bond donors (Lipinski definition) is 1. The van der Waals surface area contributed by atoms with Gasteiger partial charge in [-0.15, -0.1) is 0 Å². The summed E-state index contributed by atoms with van der Waals surface area (Å²) in [6, 6.07) is 0. The topological polar surface area (TPSA) is 35.5 Å². The van der Waals surface area contributed by atoms with E-state index in [1.165, 1.54) is 25.7 Å². The molecule has 1 rings (SSSR count). The van der Waals surface area contributed by atoms with Crippen LogP contribution < -0.4 is 0 Å². The predicted octanol–water partition coefficient (Wildman–Crippen LogP) is 4.64. The molecule has 0 radical (unpaired) electrons. The molecular formula is C17H38O3S. The van der Waals surface area contributed by atoms with E-state index in [0.29, 0.717) is 6.61 Å². The third-order valence-corrected chi connectivity index (χ3v) is 3.10. The maximum atomic E-state index is 10.6. The highest BCUT2D eigenvalue weighted by Gasteiger charge is 2.19. The lowest BCUT2D eigenvalue weighted by molar-refractivity contribution is -0.117. The maximum Gasteiger partial charge on any atom is 0.127 e. The number of rotatable bonds is 7. The molecule has 0 spiro atoms. The van der Waals surface area contributed by atoms with Gasteiger partial charge in [0.25, 0.3) is 0 Å². The van der Waals surface area contributed by atoms with Crippen molar-refractivity contribution in [2.75, 3.05) is 32.7 Å². The molecule has 1 fully saturated rings. The van der Waals surface area contributed by atoms with E-state index in [0.717, 1.165) is 31.2 Å². The van der Waals surface area contributed by atoms with Crippen molar-refractivity contribution in [1.29, 1.82) is 0 Å². The molecule has 0 unspecified atom stereocenters. The van der Waals surface area contributed by atoms with Crippen LogP contribution in [0.1, 0.15) is 60.8 Å². The van der Waals surface area contributed by atoms with Crippen LogP contribution in [-0.2, 0) is 14.3 Å². The van der Waals surface area contributed by atoms with Crippen LogP contribution in [0, 0.1) is 11.3 Å². The fraction of sp³-hybridized carbons (Fsp3) is 0.941. The first kappa shape index (κ1) is 25.9. The molecule has 1 saturated carbocycles. The summed E-state index contributed by atoms with van der Waals surface area (Å²) in [6.45, 7) is 9.98. The number of carbonyl (C=O) groups excluding carboxylic acids is 1. The van der Waals surface area contributed by atoms with Crippen LogP contribution in [0.3, 0.4) is 0 Å². The van der Waals surface area contributed by atoms with E-state index in [9.17, 15) is 4.79 Å². The van der Waals surface area contributed by atoms with Gasteiger partial charge in [-0.2, -0.15) is 12.6 Å². The number of ether oxygens (including phenoxy) is 2. The standard InChI is InChI=1S/C11H20O2.C3H8OS.C2H6.CH4/c1-11(2,8-12)9-13-7-10-5-3-4-6-10;1-4-2-3-5;1-2;/h8,10H,3-7,9H2,1-2H3;5H,2-3H2,1H3;1-2H3;1H4. The van der Waals surface area contributed by atoms with Gasteiger partial charge in [-0.05, 0) is 18.8 Å². The van der Waals surface area contributed by atoms with E-state index in [1.54, 1.807) is 7.11 Å². The molecule has 0 bridgehead atoms. The Kier molecular flexibility index (Phi) is 22.2. The molecule has 4 heteroatoms. The Morgan fingerprint density at radius 3 is 2.10 bits per heavy atom. The smallest absolute Gasteiger partial charge is 0.127 e. The molecule has 1 aliphatic rings. The summed E-state index contributed by atoms with van der Waals surface area (Å²) >= 11 is 3.88. The first-order chi connectivity index (χ1) is 9.55. The van der Waals surface area contributed by atoms with Crippen LogP contribution in [0.5, 0.6) is 0 Å². The molecule has 0 aliphatic heterocycles. The summed E-state index contributed by atoms with van der Waals surface area (Å²) in [5.74, 6) is 1.57. The summed E-state index contributed by atoms with van der Waals surface area (Å²) in [5, 5.41) is 0. The summed E-state index contributed by atoms with van der Waals surface area (Å²) in [7, 11) is 1.66. The third-order valence-electron chi connectivity index (χ3n) is 2.92. The molecule has 0 atom stereocenters. The highest BCUT2D eigenvalue weighted by Crippen LogP contribution is 2.25. The first-order valence-electron chi connectivity index (χ1n) is 7.69. The summed E-state index contributed by atoms with van der Waals surface area (Å²) in [5.41, 5.74) is -0.307. The minimum absolute atomic E-state index is 0. The Balaban J connectivity index is -0.000000347. The van der Waals surface area contributed by atoms with Crippen molar-refractivity contribution in [3.05, 3.63) is 0 Å². The molecule has 0 N–H and O–H groups in total. The van der Waals surface area contributed by atoms with E-state index < -0.39 is 0 Å². The lowest BCUT2D eigenvalue weighted by Crippen LogP contribution is -2.22. The second-order valence-electron chi connectivity index (χ2n) is 5.49. The fourth-order valence-corrected chi connectivity index (χ4v) is 1.97. The van der Waals surface area contributed by atoms with Gasteiger partial charge in [-0.1, -0.05) is 48.0 Å². The Morgan fingerprint density at radius 1 is 1.24 bits per heavy atom. The predicted molar refractivity (Wildman–Crippen MR) is 96.4 cm³/mol. The van der Waals surface area contributed by atoms with Gasteiger partial charge in [0.2, 0.25) is 0 Å². The largest absolute Gasteiger partial charge is 0.384 e. The van der Waals surface area contributed by atoms with Gasteiger partial charge in [0.15, 0.2) is 0 Å². The van der Waals surface area contributed by atoms with Crippen molar-refractivity contribution < 1.29 is 14.3 Å². The molecule has 0 saturated heterocycles. The molecule has 0 amide bonds. The molecule has 0 heterocycles. The normalized spacial score (nSPS) is 14.2. The highest BCUT2D eigenvalue weighted by atomic mass is 32.1. The fourth-order valence-electron chi connectivity index (χ4n) is 1.79. The average Bonchev–Trinajstić information content (AvgIpc) is 2.96. The van der Waals surface area contributed by atoms with Crippen molar-refractivity contribution in [2.24, 2.45) is 11.3 Å². The summed E-state index contributed by atoms with van der Waals surface area (Å²) < 4.78 is 10.2. The Labute approximate surface area is 138 Å². The lowest BCUT2D eigenvalue weighted by atomic mass is 9.97. The molecule has 1 aliphatic carbocycles. The third kappa shape index (κ3) is 17.9. The summed E-state index contributed by atoms with van der Waals surface area (Å²) in [6.07, 6.45) is 6.29. The molecule has 0 aromatic rings. The van der Waals surface area contributed by atoms with Crippen LogP contribution in [0.2, 0.25) is 0 Å². The van der Waals surface area contributed by atoms with Gasteiger partial charge in [0.1, 0.15) is 6.29 Å². The van der Waals surface area contributed by atoms with E-state index in [-0.39, 0.29) is 12.8 Å². The van der Waals surface area contributed by atoms with Gasteiger partial charge in [-0.3, -0.25) is 0 Å². The minimum atomic E-state index is -0.307. The van der Waals surface area contributed by atoms with Gasteiger partial charge in [0.05, 0.1) is 13.2 Å². The van der Waals surface area contributed by atoms with Crippen LogP contribution in [0.15, 0.2) is 0 Å². The Morgan fingerprint density at radius 2 is 1.76 bits per heavy atom. The zero-order valence-electron chi connectivity index (χ0n) is 14.0. The van der Waals surface area contributed by atoms with Crippen LogP contribution in [0.25, 0.3) is 0 Å². The summed E-state index contributed by atoms with van der Waals surface area (Å²) in [4.78, 5) is 10.6. The highest BCUT2D eigenvalue weighted by molar-refractivity contribution is 7.80. The minimum Gasteiger partial charge on any atom is -0.384 e. The first-order valence-corrected chi connectivity index (χ1v) is 8.33. The van der Waals surface area contributed by atoms with Crippen molar-refractivity contribution in [2.45, 2.75) is 60.8 Å². The van der Waals surface area contributed by atoms with Crippen LogP contribution in [-0.4, -0.2) is 39.0 Å². The second kappa shape index (κ2) is 18.0. The second-order valence-corrected chi connectivity index (χ2v) is 5.94. The van der Waals surface area contributed by atoms with Gasteiger partial charge in [-0.25, -0.2) is 0 Å². The molecule has 0 aromatic heterocycles. The van der Waals surface area contributed by atoms with Crippen molar-refractivity contribution in [3.63, 3.8) is 0 Å². The SMILES string of the molecule is C.CC.CC(C)(C=O)COCC1CCCC1.COCCS. The van der Waals surface area contributed by atoms with Gasteiger partial charge < -0.3 is 14.3 Å². The Hall–Kier alpha value is -0.0600. The molecular weight excluding hydrogens is 284 g/mol. The number of carbonyl (C=O) groups is 1. The van der Waals surface area contributed by atoms with E-state index >= 15 is 0 Å².